The monoisotopic (exact) mass is 172 g/mol. The second-order valence-electron chi connectivity index (χ2n) is 1.58. The molecule has 0 aliphatic carbocycles. The molecule has 0 saturated heterocycles. The highest BCUT2D eigenvalue weighted by Crippen LogP contribution is 2.04. The molecule has 56 valence electrons. The minimum Gasteiger partial charge on any atom is -0.132 e. The van der Waals surface area contributed by atoms with E-state index in [1.807, 2.05) is 38.3 Å². The Kier molecular flexibility index (Phi) is 5.45. The molecule has 0 saturated carbocycles. The summed E-state index contributed by atoms with van der Waals surface area (Å²) >= 11 is 6.58. The van der Waals surface area contributed by atoms with Crippen LogP contribution in [-0.2, 0) is 0 Å². The number of hydrogen-bond acceptors (Lipinski definition) is 2. The quantitative estimate of drug-likeness (QED) is 0.536. The van der Waals surface area contributed by atoms with Crippen molar-refractivity contribution in [3.05, 3.63) is 26.9 Å². The molecule has 1 aromatic heterocycles. The van der Waals surface area contributed by atoms with Crippen LogP contribution in [0.15, 0.2) is 17.5 Å². The van der Waals surface area contributed by atoms with Gasteiger partial charge in [0.25, 0.3) is 0 Å². The zero-order valence-electron chi connectivity index (χ0n) is 6.55. The van der Waals surface area contributed by atoms with Gasteiger partial charge in [-0.05, 0) is 17.9 Å². The van der Waals surface area contributed by atoms with Gasteiger partial charge in [0.05, 0.1) is 3.82 Å². The van der Waals surface area contributed by atoms with Crippen molar-refractivity contribution in [2.45, 2.75) is 20.8 Å². The van der Waals surface area contributed by atoms with E-state index in [1.165, 1.54) is 5.56 Å². The van der Waals surface area contributed by atoms with Crippen molar-refractivity contribution < 1.29 is 0 Å². The molecule has 0 amide bonds. The Morgan fingerprint density at radius 1 is 1.40 bits per heavy atom. The highest BCUT2D eigenvalue weighted by molar-refractivity contribution is 7.73. The Bertz CT molecular complexity index is 225. The Hall–Kier alpha value is -0.210. The molecule has 0 N–H and O–H groups in total. The van der Waals surface area contributed by atoms with Crippen molar-refractivity contribution in [3.63, 3.8) is 0 Å². The zero-order valence-corrected chi connectivity index (χ0v) is 8.18. The standard InChI is InChI=1S/C6H6S2.C2H6/c1-5-3-2-4-8-6(5)7;1-2/h2-4H,1H3;1-2H3. The molecule has 1 rings (SSSR count). The van der Waals surface area contributed by atoms with E-state index in [4.69, 9.17) is 12.2 Å². The van der Waals surface area contributed by atoms with Gasteiger partial charge < -0.3 is 0 Å². The molecule has 0 aliphatic heterocycles. The molecule has 0 bridgehead atoms. The van der Waals surface area contributed by atoms with E-state index >= 15 is 0 Å². The fraction of sp³-hybridized carbons (Fsp3) is 0.375. The normalized spacial score (nSPS) is 7.90. The summed E-state index contributed by atoms with van der Waals surface area (Å²) in [5.74, 6) is 0. The van der Waals surface area contributed by atoms with Crippen LogP contribution in [0.4, 0.5) is 0 Å². The van der Waals surface area contributed by atoms with Crippen LogP contribution in [0.2, 0.25) is 0 Å². The minimum atomic E-state index is 0.993. The highest BCUT2D eigenvalue weighted by atomic mass is 32.1. The predicted octanol–water partition coefficient (Wildman–Crippen LogP) is 3.81. The van der Waals surface area contributed by atoms with Gasteiger partial charge in [-0.15, -0.1) is 11.3 Å². The minimum absolute atomic E-state index is 0.993. The fourth-order valence-corrected chi connectivity index (χ4v) is 1.22. The smallest absolute Gasteiger partial charge is 0.0928 e. The van der Waals surface area contributed by atoms with Crippen LogP contribution >= 0.6 is 23.6 Å². The van der Waals surface area contributed by atoms with Crippen molar-refractivity contribution in [2.75, 3.05) is 0 Å². The fourth-order valence-electron chi connectivity index (χ4n) is 0.446. The maximum absolute atomic E-state index is 4.97. The van der Waals surface area contributed by atoms with Crippen LogP contribution in [0.1, 0.15) is 19.4 Å². The van der Waals surface area contributed by atoms with Crippen LogP contribution in [-0.4, -0.2) is 0 Å². The Morgan fingerprint density at radius 3 is 2.30 bits per heavy atom. The lowest BCUT2D eigenvalue weighted by molar-refractivity contribution is 1.50. The van der Waals surface area contributed by atoms with Crippen molar-refractivity contribution >= 4 is 23.6 Å². The van der Waals surface area contributed by atoms with Crippen molar-refractivity contribution in [2.24, 2.45) is 0 Å². The van der Waals surface area contributed by atoms with E-state index in [0.717, 1.165) is 3.82 Å². The van der Waals surface area contributed by atoms with Gasteiger partial charge in [-0.2, -0.15) is 0 Å². The summed E-state index contributed by atoms with van der Waals surface area (Å²) in [5, 5.41) is 2.00. The average Bonchev–Trinajstić information content (AvgIpc) is 2.00. The van der Waals surface area contributed by atoms with Crippen molar-refractivity contribution in [1.82, 2.24) is 0 Å². The maximum atomic E-state index is 4.97. The molecule has 0 aromatic carbocycles. The summed E-state index contributed by atoms with van der Waals surface area (Å²) in [4.78, 5) is 0. The van der Waals surface area contributed by atoms with Gasteiger partial charge in [0.15, 0.2) is 0 Å². The third-order valence-electron chi connectivity index (χ3n) is 0.922. The molecule has 0 nitrogen and oxygen atoms in total. The summed E-state index contributed by atoms with van der Waals surface area (Å²) in [7, 11) is 0. The maximum Gasteiger partial charge on any atom is 0.0928 e. The SMILES string of the molecule is CC.Cc1cccsc1=S. The van der Waals surface area contributed by atoms with Crippen molar-refractivity contribution in [3.8, 4) is 0 Å². The molecular formula is C8H12S2. The van der Waals surface area contributed by atoms with Gasteiger partial charge in [-0.3, -0.25) is 0 Å². The van der Waals surface area contributed by atoms with Crippen LogP contribution in [0, 0.1) is 10.7 Å². The van der Waals surface area contributed by atoms with E-state index < -0.39 is 0 Å². The second-order valence-corrected chi connectivity index (χ2v) is 3.17. The third kappa shape index (κ3) is 3.08. The van der Waals surface area contributed by atoms with E-state index in [9.17, 15) is 0 Å². The van der Waals surface area contributed by atoms with Crippen LogP contribution in [0.25, 0.3) is 0 Å². The van der Waals surface area contributed by atoms with E-state index in [2.05, 4.69) is 0 Å². The first kappa shape index (κ1) is 9.79. The molecule has 0 spiro atoms. The lowest BCUT2D eigenvalue weighted by Gasteiger charge is -1.84. The molecule has 0 unspecified atom stereocenters. The van der Waals surface area contributed by atoms with E-state index in [0.29, 0.717) is 0 Å². The van der Waals surface area contributed by atoms with Gasteiger partial charge in [0.1, 0.15) is 0 Å². The topological polar surface area (TPSA) is 0 Å². The molecule has 10 heavy (non-hydrogen) atoms. The van der Waals surface area contributed by atoms with Crippen LogP contribution in [0.5, 0.6) is 0 Å². The van der Waals surface area contributed by atoms with Gasteiger partial charge in [-0.1, -0.05) is 38.2 Å². The largest absolute Gasteiger partial charge is 0.132 e. The molecule has 0 atom stereocenters. The Morgan fingerprint density at radius 2 is 2.00 bits per heavy atom. The molecular weight excluding hydrogens is 160 g/mol. The predicted molar refractivity (Wildman–Crippen MR) is 51.2 cm³/mol. The lowest BCUT2D eigenvalue weighted by atomic mass is 10.4. The Balaban J connectivity index is 0.000000371. The Labute approximate surface area is 71.5 Å². The molecule has 1 aromatic rings. The second kappa shape index (κ2) is 5.57. The van der Waals surface area contributed by atoms with Crippen molar-refractivity contribution in [1.29, 1.82) is 0 Å². The van der Waals surface area contributed by atoms with E-state index in [1.54, 1.807) is 11.3 Å². The van der Waals surface area contributed by atoms with Gasteiger partial charge in [0, 0.05) is 0 Å². The molecule has 0 aliphatic rings. The van der Waals surface area contributed by atoms with Crippen LogP contribution in [0.3, 0.4) is 0 Å². The summed E-state index contributed by atoms with van der Waals surface area (Å²) in [5.41, 5.74) is 1.20. The number of hydrogen-bond donors (Lipinski definition) is 0. The first-order valence-electron chi connectivity index (χ1n) is 3.35. The molecule has 2 heteroatoms. The summed E-state index contributed by atoms with van der Waals surface area (Å²) in [6.07, 6.45) is 0. The number of aryl methyl sites for hydroxylation is 1. The van der Waals surface area contributed by atoms with E-state index in [-0.39, 0.29) is 0 Å². The zero-order chi connectivity index (χ0) is 7.98. The summed E-state index contributed by atoms with van der Waals surface area (Å²) in [6, 6.07) is 4.04. The summed E-state index contributed by atoms with van der Waals surface area (Å²) < 4.78 is 0.993. The number of rotatable bonds is 0. The first-order chi connectivity index (χ1) is 4.80. The molecule has 0 radical (unpaired) electrons. The van der Waals surface area contributed by atoms with Gasteiger partial charge >= 0.3 is 0 Å². The van der Waals surface area contributed by atoms with Gasteiger partial charge in [-0.25, -0.2) is 0 Å². The van der Waals surface area contributed by atoms with Gasteiger partial charge in [0.2, 0.25) is 0 Å². The highest BCUT2D eigenvalue weighted by Gasteiger charge is 1.80. The summed E-state index contributed by atoms with van der Waals surface area (Å²) in [6.45, 7) is 6.03. The first-order valence-corrected chi connectivity index (χ1v) is 4.64. The third-order valence-corrected chi connectivity index (χ3v) is 2.36. The molecule has 0 fully saturated rings. The molecule has 1 heterocycles. The average molecular weight is 172 g/mol. The van der Waals surface area contributed by atoms with Crippen LogP contribution < -0.4 is 0 Å². The lowest BCUT2D eigenvalue weighted by Crippen LogP contribution is -1.64.